The van der Waals surface area contributed by atoms with E-state index in [2.05, 4.69) is 31.2 Å². The van der Waals surface area contributed by atoms with Crippen LogP contribution in [0.25, 0.3) is 11.1 Å². The molecule has 0 aliphatic carbocycles. The van der Waals surface area contributed by atoms with Crippen LogP contribution in [0, 0.1) is 5.82 Å². The first-order chi connectivity index (χ1) is 12.7. The molecule has 0 spiro atoms. The zero-order valence-corrected chi connectivity index (χ0v) is 14.7. The van der Waals surface area contributed by atoms with Gasteiger partial charge in [-0.05, 0) is 65.9 Å². The molecule has 0 amide bonds. The Kier molecular flexibility index (Phi) is 5.80. The molecule has 0 aliphatic heterocycles. The lowest BCUT2D eigenvalue weighted by atomic mass is 10.0. The summed E-state index contributed by atoms with van der Waals surface area (Å²) in [6.45, 7) is 2.19. The quantitative estimate of drug-likeness (QED) is 0.400. The second-order valence-electron chi connectivity index (χ2n) is 6.22. The highest BCUT2D eigenvalue weighted by Gasteiger charge is 2.09. The zero-order valence-electron chi connectivity index (χ0n) is 14.7. The molecule has 3 heteroatoms. The van der Waals surface area contributed by atoms with Crippen LogP contribution in [0.1, 0.15) is 35.7 Å². The highest BCUT2D eigenvalue weighted by atomic mass is 19.1. The van der Waals surface area contributed by atoms with Crippen molar-refractivity contribution in [2.45, 2.75) is 26.2 Å². The third kappa shape index (κ3) is 4.57. The summed E-state index contributed by atoms with van der Waals surface area (Å²) in [6.07, 6.45) is 3.50. The Morgan fingerprint density at radius 2 is 1.42 bits per heavy atom. The largest absolute Gasteiger partial charge is 0.423 e. The van der Waals surface area contributed by atoms with Crippen molar-refractivity contribution in [3.63, 3.8) is 0 Å². The molecule has 132 valence electrons. The summed E-state index contributed by atoms with van der Waals surface area (Å²) >= 11 is 0. The first-order valence-electron chi connectivity index (χ1n) is 8.83. The van der Waals surface area contributed by atoms with Crippen molar-refractivity contribution in [3.8, 4) is 16.9 Å². The molecule has 2 nitrogen and oxygen atoms in total. The number of carbonyl (C=O) groups is 1. The molecule has 3 rings (SSSR count). The van der Waals surface area contributed by atoms with Crippen LogP contribution >= 0.6 is 0 Å². The van der Waals surface area contributed by atoms with Crippen molar-refractivity contribution in [2.24, 2.45) is 0 Å². The van der Waals surface area contributed by atoms with E-state index in [4.69, 9.17) is 4.74 Å². The van der Waals surface area contributed by atoms with E-state index in [-0.39, 0.29) is 5.82 Å². The zero-order chi connectivity index (χ0) is 18.4. The van der Waals surface area contributed by atoms with Gasteiger partial charge in [-0.2, -0.15) is 0 Å². The number of rotatable bonds is 6. The smallest absolute Gasteiger partial charge is 0.343 e. The van der Waals surface area contributed by atoms with Crippen molar-refractivity contribution >= 4 is 5.97 Å². The van der Waals surface area contributed by atoms with Gasteiger partial charge in [0.05, 0.1) is 5.56 Å². The van der Waals surface area contributed by atoms with Crippen molar-refractivity contribution < 1.29 is 13.9 Å². The first kappa shape index (κ1) is 17.9. The number of benzene rings is 3. The van der Waals surface area contributed by atoms with Gasteiger partial charge in [0, 0.05) is 0 Å². The second kappa shape index (κ2) is 8.43. The second-order valence-corrected chi connectivity index (χ2v) is 6.22. The van der Waals surface area contributed by atoms with E-state index in [9.17, 15) is 9.18 Å². The van der Waals surface area contributed by atoms with E-state index in [0.29, 0.717) is 11.3 Å². The van der Waals surface area contributed by atoms with Crippen LogP contribution in [0.3, 0.4) is 0 Å². The van der Waals surface area contributed by atoms with Crippen molar-refractivity contribution in [1.82, 2.24) is 0 Å². The van der Waals surface area contributed by atoms with Gasteiger partial charge in [-0.1, -0.05) is 49.7 Å². The van der Waals surface area contributed by atoms with Crippen LogP contribution < -0.4 is 4.74 Å². The van der Waals surface area contributed by atoms with Gasteiger partial charge in [-0.15, -0.1) is 0 Å². The van der Waals surface area contributed by atoms with Gasteiger partial charge in [0.1, 0.15) is 11.6 Å². The van der Waals surface area contributed by atoms with Crippen LogP contribution in [-0.2, 0) is 6.42 Å². The molecule has 0 heterocycles. The molecule has 0 saturated heterocycles. The van der Waals surface area contributed by atoms with Gasteiger partial charge in [-0.3, -0.25) is 0 Å². The monoisotopic (exact) mass is 348 g/mol. The van der Waals surface area contributed by atoms with E-state index >= 15 is 0 Å². The minimum Gasteiger partial charge on any atom is -0.423 e. The number of unbranched alkanes of at least 4 members (excludes halogenated alkanes) is 1. The molecule has 0 radical (unpaired) electrons. The predicted molar refractivity (Wildman–Crippen MR) is 102 cm³/mol. The van der Waals surface area contributed by atoms with E-state index in [1.54, 1.807) is 12.1 Å². The highest BCUT2D eigenvalue weighted by Crippen LogP contribution is 2.24. The van der Waals surface area contributed by atoms with Gasteiger partial charge in [0.15, 0.2) is 0 Å². The van der Waals surface area contributed by atoms with Crippen molar-refractivity contribution in [2.75, 3.05) is 0 Å². The minimum atomic E-state index is -0.502. The molecule has 0 N–H and O–H groups in total. The van der Waals surface area contributed by atoms with Crippen LogP contribution in [0.5, 0.6) is 5.75 Å². The van der Waals surface area contributed by atoms with Crippen LogP contribution in [0.2, 0.25) is 0 Å². The van der Waals surface area contributed by atoms with E-state index < -0.39 is 5.97 Å². The minimum absolute atomic E-state index is 0.318. The number of ether oxygens (including phenoxy) is 1. The van der Waals surface area contributed by atoms with Crippen molar-refractivity contribution in [3.05, 3.63) is 89.7 Å². The summed E-state index contributed by atoms with van der Waals surface area (Å²) in [5, 5.41) is 0. The fraction of sp³-hybridized carbons (Fsp3) is 0.174. The summed E-state index contributed by atoms with van der Waals surface area (Å²) in [7, 11) is 0. The van der Waals surface area contributed by atoms with Crippen LogP contribution in [0.4, 0.5) is 4.39 Å². The average molecular weight is 348 g/mol. The maximum absolute atomic E-state index is 12.9. The topological polar surface area (TPSA) is 26.3 Å². The Balaban J connectivity index is 1.66. The van der Waals surface area contributed by atoms with E-state index in [1.807, 2.05) is 12.1 Å². The number of carbonyl (C=O) groups excluding carboxylic acids is 1. The first-order valence-corrected chi connectivity index (χ1v) is 8.83. The lowest BCUT2D eigenvalue weighted by molar-refractivity contribution is 0.0734. The standard InChI is InChI=1S/C23H21FO2/c1-2-3-4-17-5-7-18(8-6-17)19-11-15-22(16-12-19)26-23(25)20-9-13-21(24)14-10-20/h5-16H,2-4H2,1H3. The Labute approximate surface area is 153 Å². The highest BCUT2D eigenvalue weighted by molar-refractivity contribution is 5.91. The maximum atomic E-state index is 12.9. The van der Waals surface area contributed by atoms with Crippen LogP contribution in [0.15, 0.2) is 72.8 Å². The summed E-state index contributed by atoms with van der Waals surface area (Å²) in [4.78, 5) is 12.1. The lowest BCUT2D eigenvalue weighted by Gasteiger charge is -2.07. The molecular weight excluding hydrogens is 327 g/mol. The average Bonchev–Trinajstić information content (AvgIpc) is 2.68. The summed E-state index contributed by atoms with van der Waals surface area (Å²) in [6, 6.07) is 21.2. The molecule has 26 heavy (non-hydrogen) atoms. The molecule has 0 aromatic heterocycles. The van der Waals surface area contributed by atoms with Gasteiger partial charge in [-0.25, -0.2) is 9.18 Å². The molecule has 0 atom stereocenters. The number of hydrogen-bond donors (Lipinski definition) is 0. The third-order valence-corrected chi connectivity index (χ3v) is 4.25. The van der Waals surface area contributed by atoms with E-state index in [1.165, 1.54) is 42.7 Å². The van der Waals surface area contributed by atoms with Crippen molar-refractivity contribution in [1.29, 1.82) is 0 Å². The molecule has 0 aliphatic rings. The third-order valence-electron chi connectivity index (χ3n) is 4.25. The fourth-order valence-electron chi connectivity index (χ4n) is 2.71. The Morgan fingerprint density at radius 1 is 0.846 bits per heavy atom. The number of aryl methyl sites for hydroxylation is 1. The fourth-order valence-corrected chi connectivity index (χ4v) is 2.71. The Bertz CT molecular complexity index is 850. The molecule has 3 aromatic carbocycles. The summed E-state index contributed by atoms with van der Waals surface area (Å²) in [5.74, 6) is -0.424. The lowest BCUT2D eigenvalue weighted by Crippen LogP contribution is -2.08. The molecular formula is C23H21FO2. The predicted octanol–water partition coefficient (Wildman–Crippen LogP) is 6.05. The molecule has 0 unspecified atom stereocenters. The normalized spacial score (nSPS) is 10.5. The number of halogens is 1. The van der Waals surface area contributed by atoms with Gasteiger partial charge >= 0.3 is 5.97 Å². The molecule has 3 aromatic rings. The van der Waals surface area contributed by atoms with Gasteiger partial charge < -0.3 is 4.74 Å². The van der Waals surface area contributed by atoms with Gasteiger partial charge in [0.2, 0.25) is 0 Å². The summed E-state index contributed by atoms with van der Waals surface area (Å²) in [5.41, 5.74) is 3.86. The van der Waals surface area contributed by atoms with Gasteiger partial charge in [0.25, 0.3) is 0 Å². The number of esters is 1. The molecule has 0 saturated carbocycles. The molecule has 0 bridgehead atoms. The van der Waals surface area contributed by atoms with Crippen LogP contribution in [-0.4, -0.2) is 5.97 Å². The van der Waals surface area contributed by atoms with E-state index in [0.717, 1.165) is 17.5 Å². The Hall–Kier alpha value is -2.94. The number of hydrogen-bond acceptors (Lipinski definition) is 2. The maximum Gasteiger partial charge on any atom is 0.343 e. The molecule has 0 fully saturated rings. The Morgan fingerprint density at radius 3 is 2.00 bits per heavy atom. The summed E-state index contributed by atoms with van der Waals surface area (Å²) < 4.78 is 18.2. The SMILES string of the molecule is CCCCc1ccc(-c2ccc(OC(=O)c3ccc(F)cc3)cc2)cc1.